The van der Waals surface area contributed by atoms with Crippen molar-refractivity contribution in [3.05, 3.63) is 0 Å². The van der Waals surface area contributed by atoms with Crippen molar-refractivity contribution in [2.75, 3.05) is 45.6 Å². The fourth-order valence-electron chi connectivity index (χ4n) is 2.34. The first-order valence-electron chi connectivity index (χ1n) is 6.56. The van der Waals surface area contributed by atoms with Gasteiger partial charge in [0.15, 0.2) is 0 Å². The molecule has 2 rings (SSSR count). The highest BCUT2D eigenvalue weighted by Gasteiger charge is 2.26. The Bertz CT molecular complexity index is 412. The molecule has 1 unspecified atom stereocenters. The van der Waals surface area contributed by atoms with E-state index in [-0.39, 0.29) is 12.1 Å². The molecule has 0 aromatic heterocycles. The first-order chi connectivity index (χ1) is 8.97. The van der Waals surface area contributed by atoms with Gasteiger partial charge in [0.2, 0.25) is 10.0 Å². The lowest BCUT2D eigenvalue weighted by Crippen LogP contribution is -2.53. The van der Waals surface area contributed by atoms with E-state index in [4.69, 9.17) is 4.74 Å². The highest BCUT2D eigenvalue weighted by Crippen LogP contribution is 2.11. The van der Waals surface area contributed by atoms with Crippen LogP contribution >= 0.6 is 0 Å². The summed E-state index contributed by atoms with van der Waals surface area (Å²) in [6.07, 6.45) is 3.36. The molecule has 0 aromatic carbocycles. The standard InChI is InChI=1S/C11H21N3O4S/c1-19(16,17)14-6-4-13(5-7-14)11(15)12-9-10-3-2-8-18-10/h10H,2-9H2,1H3,(H,12,15). The van der Waals surface area contributed by atoms with Crippen molar-refractivity contribution < 1.29 is 17.9 Å². The van der Waals surface area contributed by atoms with Gasteiger partial charge in [0, 0.05) is 39.3 Å². The zero-order valence-electron chi connectivity index (χ0n) is 11.2. The van der Waals surface area contributed by atoms with Gasteiger partial charge in [-0.1, -0.05) is 0 Å². The molecule has 2 fully saturated rings. The predicted octanol–water partition coefficient (Wildman–Crippen LogP) is -0.548. The van der Waals surface area contributed by atoms with E-state index in [9.17, 15) is 13.2 Å². The molecular formula is C11H21N3O4S. The van der Waals surface area contributed by atoms with E-state index >= 15 is 0 Å². The molecule has 2 aliphatic rings. The van der Waals surface area contributed by atoms with Gasteiger partial charge in [0.1, 0.15) is 0 Å². The number of piperazine rings is 1. The molecule has 0 spiro atoms. The normalized spacial score (nSPS) is 25.5. The minimum Gasteiger partial charge on any atom is -0.376 e. The topological polar surface area (TPSA) is 79.0 Å². The highest BCUT2D eigenvalue weighted by atomic mass is 32.2. The van der Waals surface area contributed by atoms with Crippen LogP contribution in [0.25, 0.3) is 0 Å². The number of nitrogens with one attached hydrogen (secondary N) is 1. The smallest absolute Gasteiger partial charge is 0.317 e. The molecule has 2 amide bonds. The van der Waals surface area contributed by atoms with Crippen LogP contribution in [0.3, 0.4) is 0 Å². The Morgan fingerprint density at radius 3 is 2.53 bits per heavy atom. The Morgan fingerprint density at radius 1 is 1.32 bits per heavy atom. The average molecular weight is 291 g/mol. The minimum absolute atomic E-state index is 0.126. The van der Waals surface area contributed by atoms with Crippen molar-refractivity contribution in [3.63, 3.8) is 0 Å². The van der Waals surface area contributed by atoms with Gasteiger partial charge in [0.25, 0.3) is 0 Å². The first-order valence-corrected chi connectivity index (χ1v) is 8.41. The molecule has 2 heterocycles. The third-order valence-electron chi connectivity index (χ3n) is 3.50. The molecule has 1 N–H and O–H groups in total. The van der Waals surface area contributed by atoms with Crippen LogP contribution in [0.4, 0.5) is 4.79 Å². The van der Waals surface area contributed by atoms with Gasteiger partial charge in [0.05, 0.1) is 12.4 Å². The second-order valence-corrected chi connectivity index (χ2v) is 6.95. The molecular weight excluding hydrogens is 270 g/mol. The Kier molecular flexibility index (Phi) is 4.64. The van der Waals surface area contributed by atoms with Crippen LogP contribution in [0, 0.1) is 0 Å². The maximum absolute atomic E-state index is 11.9. The maximum atomic E-state index is 11.9. The number of amides is 2. The summed E-state index contributed by atoms with van der Waals surface area (Å²) < 4.78 is 29.5. The zero-order valence-corrected chi connectivity index (χ0v) is 12.0. The Hall–Kier alpha value is -0.860. The summed E-state index contributed by atoms with van der Waals surface area (Å²) in [4.78, 5) is 13.6. The summed E-state index contributed by atoms with van der Waals surface area (Å²) in [5.41, 5.74) is 0. The Morgan fingerprint density at radius 2 is 2.00 bits per heavy atom. The van der Waals surface area contributed by atoms with Gasteiger partial charge < -0.3 is 15.0 Å². The highest BCUT2D eigenvalue weighted by molar-refractivity contribution is 7.88. The summed E-state index contributed by atoms with van der Waals surface area (Å²) in [6, 6.07) is -0.136. The lowest BCUT2D eigenvalue weighted by Gasteiger charge is -2.33. The van der Waals surface area contributed by atoms with Gasteiger partial charge in [-0.3, -0.25) is 0 Å². The fraction of sp³-hybridized carbons (Fsp3) is 0.909. The fourth-order valence-corrected chi connectivity index (χ4v) is 3.17. The predicted molar refractivity (Wildman–Crippen MR) is 70.4 cm³/mol. The van der Waals surface area contributed by atoms with E-state index in [1.807, 2.05) is 0 Å². The number of ether oxygens (including phenoxy) is 1. The number of nitrogens with zero attached hydrogens (tertiary/aromatic N) is 2. The Balaban J connectivity index is 1.73. The SMILES string of the molecule is CS(=O)(=O)N1CCN(C(=O)NCC2CCCO2)CC1. The van der Waals surface area contributed by atoms with Gasteiger partial charge in [-0.15, -0.1) is 0 Å². The number of hydrogen-bond donors (Lipinski definition) is 1. The maximum Gasteiger partial charge on any atom is 0.317 e. The Labute approximate surface area is 113 Å². The molecule has 2 aliphatic heterocycles. The third-order valence-corrected chi connectivity index (χ3v) is 4.80. The van der Waals surface area contributed by atoms with E-state index in [1.54, 1.807) is 4.90 Å². The van der Waals surface area contributed by atoms with Crippen molar-refractivity contribution in [3.8, 4) is 0 Å². The number of sulfonamides is 1. The summed E-state index contributed by atoms with van der Waals surface area (Å²) >= 11 is 0. The van der Waals surface area contributed by atoms with E-state index in [1.165, 1.54) is 10.6 Å². The summed E-state index contributed by atoms with van der Waals surface area (Å²) in [5, 5.41) is 2.84. The van der Waals surface area contributed by atoms with Crippen molar-refractivity contribution in [2.24, 2.45) is 0 Å². The minimum atomic E-state index is -3.15. The third kappa shape index (κ3) is 4.05. The van der Waals surface area contributed by atoms with Gasteiger partial charge >= 0.3 is 6.03 Å². The molecule has 1 atom stereocenters. The van der Waals surface area contributed by atoms with E-state index < -0.39 is 10.0 Å². The lowest BCUT2D eigenvalue weighted by molar-refractivity contribution is 0.107. The quantitative estimate of drug-likeness (QED) is 0.757. The summed E-state index contributed by atoms with van der Waals surface area (Å²) in [5.74, 6) is 0. The first kappa shape index (κ1) is 14.5. The largest absolute Gasteiger partial charge is 0.376 e. The number of carbonyl (C=O) groups is 1. The zero-order chi connectivity index (χ0) is 13.9. The number of urea groups is 1. The molecule has 2 saturated heterocycles. The second-order valence-electron chi connectivity index (χ2n) is 4.97. The van der Waals surface area contributed by atoms with Crippen molar-refractivity contribution in [1.82, 2.24) is 14.5 Å². The molecule has 0 bridgehead atoms. The molecule has 0 aliphatic carbocycles. The van der Waals surface area contributed by atoms with Crippen LogP contribution in [0.1, 0.15) is 12.8 Å². The molecule has 110 valence electrons. The molecule has 0 aromatic rings. The molecule has 8 heteroatoms. The molecule has 0 saturated carbocycles. The van der Waals surface area contributed by atoms with E-state index in [0.29, 0.717) is 32.7 Å². The number of hydrogen-bond acceptors (Lipinski definition) is 4. The summed E-state index contributed by atoms with van der Waals surface area (Å²) in [6.45, 7) is 2.91. The number of rotatable bonds is 3. The van der Waals surface area contributed by atoms with Crippen LogP contribution in [-0.2, 0) is 14.8 Å². The molecule has 19 heavy (non-hydrogen) atoms. The van der Waals surface area contributed by atoms with Crippen LogP contribution in [-0.4, -0.2) is 75.3 Å². The second kappa shape index (κ2) is 6.06. The summed E-state index contributed by atoms with van der Waals surface area (Å²) in [7, 11) is -3.15. The van der Waals surface area contributed by atoms with Gasteiger partial charge in [-0.2, -0.15) is 4.31 Å². The van der Waals surface area contributed by atoms with Gasteiger partial charge in [-0.05, 0) is 12.8 Å². The van der Waals surface area contributed by atoms with Crippen molar-refractivity contribution in [2.45, 2.75) is 18.9 Å². The van der Waals surface area contributed by atoms with E-state index in [2.05, 4.69) is 5.32 Å². The lowest BCUT2D eigenvalue weighted by atomic mass is 10.2. The molecule has 7 nitrogen and oxygen atoms in total. The van der Waals surface area contributed by atoms with Crippen molar-refractivity contribution in [1.29, 1.82) is 0 Å². The monoisotopic (exact) mass is 291 g/mol. The number of carbonyl (C=O) groups excluding carboxylic acids is 1. The van der Waals surface area contributed by atoms with Gasteiger partial charge in [-0.25, -0.2) is 13.2 Å². The van der Waals surface area contributed by atoms with Crippen LogP contribution in [0.2, 0.25) is 0 Å². The average Bonchev–Trinajstić information content (AvgIpc) is 2.88. The van der Waals surface area contributed by atoms with Crippen LogP contribution < -0.4 is 5.32 Å². The van der Waals surface area contributed by atoms with Crippen LogP contribution in [0.5, 0.6) is 0 Å². The molecule has 0 radical (unpaired) electrons. The van der Waals surface area contributed by atoms with Crippen molar-refractivity contribution >= 4 is 16.1 Å². The van der Waals surface area contributed by atoms with E-state index in [0.717, 1.165) is 19.4 Å². The van der Waals surface area contributed by atoms with Crippen LogP contribution in [0.15, 0.2) is 0 Å².